The molecule has 1 aliphatic carbocycles. The maximum absolute atomic E-state index is 13.7. The molecule has 0 spiro atoms. The molecule has 0 bridgehead atoms. The van der Waals surface area contributed by atoms with Crippen LogP contribution in [0.1, 0.15) is 29.5 Å². The topological polar surface area (TPSA) is 105 Å². The van der Waals surface area contributed by atoms with Crippen LogP contribution in [0.25, 0.3) is 11.1 Å². The number of rotatable bonds is 9. The van der Waals surface area contributed by atoms with Crippen LogP contribution in [-0.4, -0.2) is 70.8 Å². The summed E-state index contributed by atoms with van der Waals surface area (Å²) in [5, 5.41) is 12.4. The predicted octanol–water partition coefficient (Wildman–Crippen LogP) is 4.53. The Hall–Kier alpha value is -3.82. The Kier molecular flexibility index (Phi) is 8.72. The van der Waals surface area contributed by atoms with E-state index in [1.54, 1.807) is 6.92 Å². The molecule has 0 aromatic heterocycles. The number of aliphatic carboxylic acids is 1. The van der Waals surface area contributed by atoms with Crippen molar-refractivity contribution in [3.05, 3.63) is 95.6 Å². The Morgan fingerprint density at radius 3 is 2.25 bits per heavy atom. The monoisotopic (exact) mass is 560 g/mol. The van der Waals surface area contributed by atoms with E-state index >= 15 is 0 Å². The smallest absolute Gasteiger partial charge is 0.407 e. The Balaban J connectivity index is 1.31. The van der Waals surface area contributed by atoms with Crippen LogP contribution in [0, 0.1) is 0 Å². The summed E-state index contributed by atoms with van der Waals surface area (Å²) >= 11 is 1.49. The van der Waals surface area contributed by atoms with Crippen molar-refractivity contribution in [2.45, 2.75) is 37.6 Å². The molecule has 3 aromatic rings. The molecule has 208 valence electrons. The number of fused-ring (bicyclic) bond motifs is 3. The van der Waals surface area contributed by atoms with Crippen LogP contribution < -0.4 is 5.32 Å². The molecular formula is C31H32N2O6S. The summed E-state index contributed by atoms with van der Waals surface area (Å²) in [5.74, 6) is -0.792. The Morgan fingerprint density at radius 2 is 1.60 bits per heavy atom. The highest BCUT2D eigenvalue weighted by molar-refractivity contribution is 7.99. The number of carbonyl (C=O) groups is 3. The van der Waals surface area contributed by atoms with Gasteiger partial charge in [-0.05, 0) is 34.7 Å². The van der Waals surface area contributed by atoms with Crippen LogP contribution in [-0.2, 0) is 25.7 Å². The van der Waals surface area contributed by atoms with Gasteiger partial charge < -0.3 is 24.8 Å². The van der Waals surface area contributed by atoms with Crippen molar-refractivity contribution in [2.75, 3.05) is 24.7 Å². The first-order valence-electron chi connectivity index (χ1n) is 13.3. The molecule has 9 heteroatoms. The summed E-state index contributed by atoms with van der Waals surface area (Å²) in [5.41, 5.74) is 5.31. The van der Waals surface area contributed by atoms with Crippen LogP contribution in [0.4, 0.5) is 4.79 Å². The van der Waals surface area contributed by atoms with Gasteiger partial charge in [0.2, 0.25) is 5.91 Å². The molecule has 8 nitrogen and oxygen atoms in total. The Labute approximate surface area is 237 Å². The van der Waals surface area contributed by atoms with E-state index in [-0.39, 0.29) is 31.4 Å². The molecule has 5 rings (SSSR count). The first-order chi connectivity index (χ1) is 19.4. The molecule has 2 N–H and O–H groups in total. The lowest BCUT2D eigenvalue weighted by molar-refractivity contribution is -0.151. The number of hydrogen-bond donors (Lipinski definition) is 2. The fourth-order valence-corrected chi connectivity index (χ4v) is 6.33. The van der Waals surface area contributed by atoms with E-state index in [1.807, 2.05) is 66.7 Å². The molecular weight excluding hydrogens is 528 g/mol. The van der Waals surface area contributed by atoms with Crippen LogP contribution in [0.5, 0.6) is 0 Å². The second-order valence-corrected chi connectivity index (χ2v) is 11.1. The molecule has 3 atom stereocenters. The highest BCUT2D eigenvalue weighted by atomic mass is 32.2. The quantitative estimate of drug-likeness (QED) is 0.396. The molecule has 0 radical (unpaired) electrons. The second kappa shape index (κ2) is 12.6. The van der Waals surface area contributed by atoms with Gasteiger partial charge in [-0.25, -0.2) is 9.59 Å². The molecule has 40 heavy (non-hydrogen) atoms. The molecule has 1 saturated heterocycles. The zero-order valence-electron chi connectivity index (χ0n) is 22.2. The number of ether oxygens (including phenoxy) is 2. The van der Waals surface area contributed by atoms with E-state index in [9.17, 15) is 19.5 Å². The number of carboxylic acid groups (broad SMARTS) is 1. The molecule has 3 aromatic carbocycles. The summed E-state index contributed by atoms with van der Waals surface area (Å²) in [6.45, 7) is 2.30. The van der Waals surface area contributed by atoms with Crippen molar-refractivity contribution >= 4 is 29.7 Å². The van der Waals surface area contributed by atoms with E-state index in [0.29, 0.717) is 5.75 Å². The lowest BCUT2D eigenvalue weighted by Gasteiger charge is -2.36. The van der Waals surface area contributed by atoms with E-state index in [1.165, 1.54) is 16.7 Å². The van der Waals surface area contributed by atoms with Crippen molar-refractivity contribution in [1.29, 1.82) is 0 Å². The third-order valence-electron chi connectivity index (χ3n) is 7.40. The minimum atomic E-state index is -1.12. The number of amides is 2. The lowest BCUT2D eigenvalue weighted by atomic mass is 9.98. The zero-order valence-corrected chi connectivity index (χ0v) is 23.0. The standard InChI is InChI=1S/C31H32N2O6S/c1-20(38-17-21-9-3-2-4-10-21)28(29(34)33-15-16-40-19-27(33)30(35)36)32-31(37)39-18-26-24-13-7-5-11-22(24)23-12-6-8-14-25(23)26/h2-14,20,26-28H,15-19H2,1H3,(H,32,37)(H,35,36)/t20-,27?,28+/m0/s1. The van der Waals surface area contributed by atoms with Crippen molar-refractivity contribution < 1.29 is 29.0 Å². The fourth-order valence-electron chi connectivity index (χ4n) is 5.30. The van der Waals surface area contributed by atoms with Crippen molar-refractivity contribution in [2.24, 2.45) is 0 Å². The van der Waals surface area contributed by atoms with Gasteiger partial charge in [0.15, 0.2) is 0 Å². The van der Waals surface area contributed by atoms with E-state index in [4.69, 9.17) is 9.47 Å². The average molecular weight is 561 g/mol. The number of nitrogens with zero attached hydrogens (tertiary/aromatic N) is 1. The van der Waals surface area contributed by atoms with E-state index in [0.717, 1.165) is 27.8 Å². The maximum atomic E-state index is 13.7. The summed E-state index contributed by atoms with van der Waals surface area (Å²) in [4.78, 5) is 40.1. The molecule has 1 aliphatic heterocycles. The number of nitrogens with one attached hydrogen (secondary N) is 1. The van der Waals surface area contributed by atoms with Gasteiger partial charge in [-0.3, -0.25) is 4.79 Å². The Bertz CT molecular complexity index is 1320. The number of hydrogen-bond acceptors (Lipinski definition) is 6. The van der Waals surface area contributed by atoms with E-state index in [2.05, 4.69) is 17.4 Å². The predicted molar refractivity (Wildman–Crippen MR) is 153 cm³/mol. The van der Waals surface area contributed by atoms with Gasteiger partial charge in [-0.2, -0.15) is 11.8 Å². The van der Waals surface area contributed by atoms with Crippen LogP contribution in [0.2, 0.25) is 0 Å². The first kappa shape index (κ1) is 27.7. The molecule has 2 amide bonds. The Morgan fingerprint density at radius 1 is 0.975 bits per heavy atom. The fraction of sp³-hybridized carbons (Fsp3) is 0.323. The number of benzene rings is 3. The van der Waals surface area contributed by atoms with Crippen LogP contribution >= 0.6 is 11.8 Å². The first-order valence-corrected chi connectivity index (χ1v) is 14.5. The van der Waals surface area contributed by atoms with Crippen molar-refractivity contribution in [1.82, 2.24) is 10.2 Å². The van der Waals surface area contributed by atoms with Crippen LogP contribution in [0.15, 0.2) is 78.9 Å². The van der Waals surface area contributed by atoms with Gasteiger partial charge in [0.1, 0.15) is 18.7 Å². The van der Waals surface area contributed by atoms with Crippen molar-refractivity contribution in [3.8, 4) is 11.1 Å². The zero-order chi connectivity index (χ0) is 28.1. The number of alkyl carbamates (subject to hydrolysis) is 1. The van der Waals surface area contributed by atoms with E-state index < -0.39 is 36.2 Å². The summed E-state index contributed by atoms with van der Waals surface area (Å²) in [6.07, 6.45) is -1.49. The molecule has 1 fully saturated rings. The number of carbonyl (C=O) groups excluding carboxylic acids is 2. The molecule has 1 heterocycles. The highest BCUT2D eigenvalue weighted by Gasteiger charge is 2.39. The highest BCUT2D eigenvalue weighted by Crippen LogP contribution is 2.44. The van der Waals surface area contributed by atoms with Gasteiger partial charge in [-0.1, -0.05) is 78.9 Å². The largest absolute Gasteiger partial charge is 0.480 e. The minimum absolute atomic E-state index is 0.0954. The maximum Gasteiger partial charge on any atom is 0.407 e. The number of thioether (sulfide) groups is 1. The third-order valence-corrected chi connectivity index (χ3v) is 8.43. The normalized spacial score (nSPS) is 17.8. The van der Waals surface area contributed by atoms with Gasteiger partial charge in [0.25, 0.3) is 0 Å². The number of carboxylic acids is 1. The van der Waals surface area contributed by atoms with Gasteiger partial charge in [0.05, 0.1) is 12.7 Å². The second-order valence-electron chi connectivity index (χ2n) is 9.91. The SMILES string of the molecule is C[C@H](OCc1ccccc1)[C@@H](NC(=O)OCC1c2ccccc2-c2ccccc21)C(=O)N1CCSCC1C(=O)O. The van der Waals surface area contributed by atoms with Gasteiger partial charge >= 0.3 is 12.1 Å². The third kappa shape index (κ3) is 6.00. The van der Waals surface area contributed by atoms with Gasteiger partial charge in [0, 0.05) is 24.0 Å². The summed E-state index contributed by atoms with van der Waals surface area (Å²) < 4.78 is 11.7. The van der Waals surface area contributed by atoms with Crippen molar-refractivity contribution in [3.63, 3.8) is 0 Å². The average Bonchev–Trinajstić information content (AvgIpc) is 3.31. The van der Waals surface area contributed by atoms with Gasteiger partial charge in [-0.15, -0.1) is 0 Å². The molecule has 1 unspecified atom stereocenters. The lowest BCUT2D eigenvalue weighted by Crippen LogP contribution is -2.60. The summed E-state index contributed by atoms with van der Waals surface area (Å²) in [7, 11) is 0. The summed E-state index contributed by atoms with van der Waals surface area (Å²) in [6, 6.07) is 23.5. The molecule has 2 aliphatic rings. The van der Waals surface area contributed by atoms with Crippen LogP contribution in [0.3, 0.4) is 0 Å². The molecule has 0 saturated carbocycles. The minimum Gasteiger partial charge on any atom is -0.480 e.